The topological polar surface area (TPSA) is 66.4 Å². The maximum absolute atomic E-state index is 13.5. The predicted molar refractivity (Wildman–Crippen MR) is 73.9 cm³/mol. The van der Waals surface area contributed by atoms with E-state index in [-0.39, 0.29) is 24.8 Å². The first kappa shape index (κ1) is 17.1. The molecule has 0 aromatic heterocycles. The van der Waals surface area contributed by atoms with Gasteiger partial charge < -0.3 is 10.4 Å². The quantitative estimate of drug-likeness (QED) is 0.813. The summed E-state index contributed by atoms with van der Waals surface area (Å²) in [5, 5.41) is 11.2. The molecule has 0 spiro atoms. The van der Waals surface area contributed by atoms with Crippen molar-refractivity contribution in [3.05, 3.63) is 35.4 Å². The summed E-state index contributed by atoms with van der Waals surface area (Å²) < 4.78 is 26.9. The van der Waals surface area contributed by atoms with E-state index in [1.807, 2.05) is 13.8 Å². The van der Waals surface area contributed by atoms with Crippen LogP contribution in [0.3, 0.4) is 0 Å². The van der Waals surface area contributed by atoms with Gasteiger partial charge in [-0.25, -0.2) is 8.78 Å². The number of nitrogens with one attached hydrogen (secondary N) is 1. The molecule has 0 aliphatic heterocycles. The van der Waals surface area contributed by atoms with Gasteiger partial charge in [-0.05, 0) is 30.4 Å². The Morgan fingerprint density at radius 2 is 1.81 bits per heavy atom. The highest BCUT2D eigenvalue weighted by Gasteiger charge is 2.20. The average Bonchev–Trinajstić information content (AvgIpc) is 2.34. The summed E-state index contributed by atoms with van der Waals surface area (Å²) in [7, 11) is 0. The molecule has 21 heavy (non-hydrogen) atoms. The van der Waals surface area contributed by atoms with Crippen molar-refractivity contribution >= 4 is 11.9 Å². The number of carbonyl (C=O) groups excluding carboxylic acids is 1. The molecule has 4 nitrogen and oxygen atoms in total. The minimum Gasteiger partial charge on any atom is -0.481 e. The zero-order valence-corrected chi connectivity index (χ0v) is 12.0. The first-order valence-corrected chi connectivity index (χ1v) is 6.75. The van der Waals surface area contributed by atoms with Gasteiger partial charge in [0.2, 0.25) is 0 Å². The summed E-state index contributed by atoms with van der Waals surface area (Å²) >= 11 is 0. The number of amides is 1. The van der Waals surface area contributed by atoms with Gasteiger partial charge >= 0.3 is 5.97 Å². The van der Waals surface area contributed by atoms with E-state index in [0.717, 1.165) is 12.1 Å². The van der Waals surface area contributed by atoms with Crippen molar-refractivity contribution in [2.24, 2.45) is 11.8 Å². The normalized spacial score (nSPS) is 12.2. The van der Waals surface area contributed by atoms with Crippen LogP contribution in [0.25, 0.3) is 0 Å². The first-order chi connectivity index (χ1) is 9.81. The Hall–Kier alpha value is -1.98. The van der Waals surface area contributed by atoms with E-state index in [4.69, 9.17) is 5.11 Å². The van der Waals surface area contributed by atoms with Gasteiger partial charge in [0, 0.05) is 13.0 Å². The van der Waals surface area contributed by atoms with Crippen molar-refractivity contribution in [3.63, 3.8) is 0 Å². The van der Waals surface area contributed by atoms with Crippen molar-refractivity contribution in [2.75, 3.05) is 6.54 Å². The van der Waals surface area contributed by atoms with E-state index < -0.39 is 29.1 Å². The van der Waals surface area contributed by atoms with Gasteiger partial charge in [0.1, 0.15) is 17.2 Å². The van der Waals surface area contributed by atoms with Crippen molar-refractivity contribution in [1.82, 2.24) is 5.32 Å². The molecule has 6 heteroatoms. The second-order valence-electron chi connectivity index (χ2n) is 5.40. The van der Waals surface area contributed by atoms with Crippen molar-refractivity contribution in [1.29, 1.82) is 0 Å². The molecule has 0 heterocycles. The van der Waals surface area contributed by atoms with E-state index in [0.29, 0.717) is 6.42 Å². The van der Waals surface area contributed by atoms with Crippen LogP contribution in [0, 0.1) is 23.5 Å². The minimum atomic E-state index is -0.966. The van der Waals surface area contributed by atoms with Gasteiger partial charge in [0.25, 0.3) is 5.91 Å². The summed E-state index contributed by atoms with van der Waals surface area (Å²) in [5.41, 5.74) is -0.642. The highest BCUT2D eigenvalue weighted by molar-refractivity contribution is 5.94. The molecule has 0 aliphatic carbocycles. The van der Waals surface area contributed by atoms with E-state index >= 15 is 0 Å². The highest BCUT2D eigenvalue weighted by atomic mass is 19.1. The molecule has 0 saturated carbocycles. The lowest BCUT2D eigenvalue weighted by molar-refractivity contribution is -0.138. The number of carboxylic acids is 1. The van der Waals surface area contributed by atoms with Gasteiger partial charge in [0.15, 0.2) is 0 Å². The molecule has 1 atom stereocenters. The molecule has 0 radical (unpaired) electrons. The molecule has 0 bridgehead atoms. The van der Waals surface area contributed by atoms with Crippen LogP contribution in [0.5, 0.6) is 0 Å². The molecule has 116 valence electrons. The summed E-state index contributed by atoms with van der Waals surface area (Å²) in [6.45, 7) is 3.94. The third-order valence-corrected chi connectivity index (χ3v) is 3.01. The van der Waals surface area contributed by atoms with Crippen molar-refractivity contribution in [2.45, 2.75) is 26.7 Å². The highest BCUT2D eigenvalue weighted by Crippen LogP contribution is 2.16. The molecular formula is C15H19F2NO3. The van der Waals surface area contributed by atoms with E-state index in [9.17, 15) is 18.4 Å². The molecular weight excluding hydrogens is 280 g/mol. The molecule has 0 fully saturated rings. The predicted octanol–water partition coefficient (Wildman–Crippen LogP) is 2.83. The van der Waals surface area contributed by atoms with Crippen LogP contribution in [0.15, 0.2) is 18.2 Å². The lowest BCUT2D eigenvalue weighted by Crippen LogP contribution is -2.32. The Balaban J connectivity index is 2.70. The standard InChI is InChI=1S/C15H19F2NO3/c1-9(2)6-10(7-13(19)20)8-18-15(21)14-11(16)4-3-5-12(14)17/h3-5,9-10H,6-8H2,1-2H3,(H,18,21)(H,19,20). The number of carboxylic acid groups (broad SMARTS) is 1. The number of rotatable bonds is 7. The van der Waals surface area contributed by atoms with E-state index in [1.54, 1.807) is 0 Å². The van der Waals surface area contributed by atoms with Gasteiger partial charge in [-0.15, -0.1) is 0 Å². The molecule has 1 amide bonds. The first-order valence-electron chi connectivity index (χ1n) is 6.75. The Morgan fingerprint density at radius 1 is 1.24 bits per heavy atom. The fourth-order valence-corrected chi connectivity index (χ4v) is 2.19. The minimum absolute atomic E-state index is 0.0666. The zero-order valence-electron chi connectivity index (χ0n) is 12.0. The number of hydrogen-bond acceptors (Lipinski definition) is 2. The Morgan fingerprint density at radius 3 is 2.29 bits per heavy atom. The van der Waals surface area contributed by atoms with Crippen LogP contribution in [0.2, 0.25) is 0 Å². The number of halogens is 2. The van der Waals surface area contributed by atoms with E-state index in [1.165, 1.54) is 6.07 Å². The number of benzene rings is 1. The fourth-order valence-electron chi connectivity index (χ4n) is 2.19. The Bertz CT molecular complexity index is 497. The number of carbonyl (C=O) groups is 2. The number of hydrogen-bond donors (Lipinski definition) is 2. The van der Waals surface area contributed by atoms with Crippen LogP contribution < -0.4 is 5.32 Å². The van der Waals surface area contributed by atoms with Crippen molar-refractivity contribution in [3.8, 4) is 0 Å². The fraction of sp³-hybridized carbons (Fsp3) is 0.467. The lowest BCUT2D eigenvalue weighted by Gasteiger charge is -2.18. The van der Waals surface area contributed by atoms with Crippen LogP contribution in [-0.2, 0) is 4.79 Å². The smallest absolute Gasteiger partial charge is 0.303 e. The Kier molecular flexibility index (Phi) is 6.27. The van der Waals surface area contributed by atoms with E-state index in [2.05, 4.69) is 5.32 Å². The summed E-state index contributed by atoms with van der Waals surface area (Å²) in [5.74, 6) is -3.73. The number of aliphatic carboxylic acids is 1. The van der Waals surface area contributed by atoms with Gasteiger partial charge in [-0.3, -0.25) is 9.59 Å². The van der Waals surface area contributed by atoms with Crippen LogP contribution in [-0.4, -0.2) is 23.5 Å². The van der Waals surface area contributed by atoms with Crippen LogP contribution in [0.4, 0.5) is 8.78 Å². The third-order valence-electron chi connectivity index (χ3n) is 3.01. The molecule has 1 aromatic carbocycles. The maximum Gasteiger partial charge on any atom is 0.303 e. The van der Waals surface area contributed by atoms with Gasteiger partial charge in [0.05, 0.1) is 0 Å². The van der Waals surface area contributed by atoms with Crippen molar-refractivity contribution < 1.29 is 23.5 Å². The Labute approximate surface area is 122 Å². The van der Waals surface area contributed by atoms with Crippen LogP contribution in [0.1, 0.15) is 37.0 Å². The summed E-state index contributed by atoms with van der Waals surface area (Å²) in [6.07, 6.45) is 0.505. The summed E-state index contributed by atoms with van der Waals surface area (Å²) in [6, 6.07) is 3.18. The second-order valence-corrected chi connectivity index (χ2v) is 5.40. The molecule has 2 N–H and O–H groups in total. The molecule has 1 unspecified atom stereocenters. The molecule has 0 aliphatic rings. The average molecular weight is 299 g/mol. The second kappa shape index (κ2) is 7.71. The third kappa shape index (κ3) is 5.49. The lowest BCUT2D eigenvalue weighted by atomic mass is 9.94. The molecule has 0 saturated heterocycles. The zero-order chi connectivity index (χ0) is 16.0. The monoisotopic (exact) mass is 299 g/mol. The van der Waals surface area contributed by atoms with Gasteiger partial charge in [-0.1, -0.05) is 19.9 Å². The van der Waals surface area contributed by atoms with Crippen LogP contribution >= 0.6 is 0 Å². The largest absolute Gasteiger partial charge is 0.481 e. The summed E-state index contributed by atoms with van der Waals surface area (Å²) in [4.78, 5) is 22.6. The molecule has 1 aromatic rings. The molecule has 1 rings (SSSR count). The SMILES string of the molecule is CC(C)CC(CNC(=O)c1c(F)cccc1F)CC(=O)O. The maximum atomic E-state index is 13.5. The van der Waals surface area contributed by atoms with Gasteiger partial charge in [-0.2, -0.15) is 0 Å².